The Hall–Kier alpha value is -0.630. The lowest BCUT2D eigenvalue weighted by Gasteiger charge is -2.08. The number of ketones is 1. The number of rotatable bonds is 6. The average molecular weight is 224 g/mol. The molecule has 1 heterocycles. The molecule has 0 bridgehead atoms. The van der Waals surface area contributed by atoms with Crippen molar-refractivity contribution in [1.82, 2.24) is 0 Å². The zero-order chi connectivity index (χ0) is 11.3. The first-order valence-electron chi connectivity index (χ1n) is 5.78. The van der Waals surface area contributed by atoms with E-state index in [1.54, 1.807) is 11.3 Å². The minimum Gasteiger partial charge on any atom is -0.293 e. The summed E-state index contributed by atoms with van der Waals surface area (Å²) in [5.74, 6) is 0.858. The van der Waals surface area contributed by atoms with E-state index in [4.69, 9.17) is 0 Å². The number of Topliss-reactive ketones (excluding diaryl/α,β-unsaturated/α-hetero) is 1. The van der Waals surface area contributed by atoms with Crippen LogP contribution in [0.2, 0.25) is 0 Å². The van der Waals surface area contributed by atoms with Gasteiger partial charge < -0.3 is 0 Å². The van der Waals surface area contributed by atoms with Crippen molar-refractivity contribution in [2.24, 2.45) is 5.92 Å². The summed E-state index contributed by atoms with van der Waals surface area (Å²) >= 11 is 1.59. The molecule has 1 aromatic heterocycles. The highest BCUT2D eigenvalue weighted by Crippen LogP contribution is 2.22. The van der Waals surface area contributed by atoms with Crippen LogP contribution in [0, 0.1) is 5.92 Å². The van der Waals surface area contributed by atoms with Gasteiger partial charge in [0.15, 0.2) is 5.78 Å². The van der Waals surface area contributed by atoms with Gasteiger partial charge in [-0.2, -0.15) is 0 Å². The quantitative estimate of drug-likeness (QED) is 0.658. The van der Waals surface area contributed by atoms with Crippen LogP contribution in [-0.2, 0) is 6.42 Å². The van der Waals surface area contributed by atoms with Gasteiger partial charge in [0.2, 0.25) is 0 Å². The van der Waals surface area contributed by atoms with Crippen molar-refractivity contribution in [2.75, 3.05) is 0 Å². The summed E-state index contributed by atoms with van der Waals surface area (Å²) in [6.45, 7) is 6.44. The fraction of sp³-hybridized carbons (Fsp3) is 0.615. The molecular formula is C13H20OS. The first-order chi connectivity index (χ1) is 7.19. The summed E-state index contributed by atoms with van der Waals surface area (Å²) in [6.07, 6.45) is 3.99. The smallest absolute Gasteiger partial charge is 0.173 e. The predicted molar refractivity (Wildman–Crippen MR) is 66.7 cm³/mol. The van der Waals surface area contributed by atoms with Gasteiger partial charge >= 0.3 is 0 Å². The van der Waals surface area contributed by atoms with Crippen LogP contribution in [0.25, 0.3) is 0 Å². The summed E-state index contributed by atoms with van der Waals surface area (Å²) in [6, 6.07) is 2.07. The molecule has 0 amide bonds. The Morgan fingerprint density at radius 1 is 1.47 bits per heavy atom. The Morgan fingerprint density at radius 3 is 2.80 bits per heavy atom. The van der Waals surface area contributed by atoms with Gasteiger partial charge in [0, 0.05) is 6.42 Å². The third kappa shape index (κ3) is 3.45. The SMILES string of the molecule is CCCC(C)CC(=O)c1sccc1CC. The fourth-order valence-corrected chi connectivity index (χ4v) is 2.81. The summed E-state index contributed by atoms with van der Waals surface area (Å²) in [5, 5.41) is 2.02. The molecule has 84 valence electrons. The molecule has 1 unspecified atom stereocenters. The van der Waals surface area contributed by atoms with Crippen LogP contribution in [-0.4, -0.2) is 5.78 Å². The van der Waals surface area contributed by atoms with Gasteiger partial charge in [0.05, 0.1) is 4.88 Å². The lowest BCUT2D eigenvalue weighted by molar-refractivity contribution is 0.0966. The number of hydrogen-bond acceptors (Lipinski definition) is 2. The van der Waals surface area contributed by atoms with E-state index in [9.17, 15) is 4.79 Å². The zero-order valence-electron chi connectivity index (χ0n) is 9.88. The van der Waals surface area contributed by atoms with Crippen LogP contribution in [0.3, 0.4) is 0 Å². The second-order valence-corrected chi connectivity index (χ2v) is 5.07. The molecule has 1 nitrogen and oxygen atoms in total. The third-order valence-corrected chi connectivity index (χ3v) is 3.69. The monoisotopic (exact) mass is 224 g/mol. The maximum Gasteiger partial charge on any atom is 0.173 e. The minimum absolute atomic E-state index is 0.336. The first kappa shape index (κ1) is 12.4. The lowest BCUT2D eigenvalue weighted by atomic mass is 9.98. The van der Waals surface area contributed by atoms with Gasteiger partial charge in [-0.05, 0) is 29.3 Å². The molecule has 1 rings (SSSR count). The van der Waals surface area contributed by atoms with Gasteiger partial charge in [-0.25, -0.2) is 0 Å². The maximum absolute atomic E-state index is 12.0. The van der Waals surface area contributed by atoms with E-state index < -0.39 is 0 Å². The standard InChI is InChI=1S/C13H20OS/c1-4-6-10(3)9-12(14)13-11(5-2)7-8-15-13/h7-8,10H,4-6,9H2,1-3H3. The Kier molecular flexibility index (Phi) is 5.03. The van der Waals surface area contributed by atoms with Crippen molar-refractivity contribution in [2.45, 2.75) is 46.5 Å². The van der Waals surface area contributed by atoms with E-state index in [0.29, 0.717) is 18.1 Å². The van der Waals surface area contributed by atoms with E-state index in [-0.39, 0.29) is 0 Å². The van der Waals surface area contributed by atoms with Crippen LogP contribution >= 0.6 is 11.3 Å². The highest BCUT2D eigenvalue weighted by molar-refractivity contribution is 7.12. The van der Waals surface area contributed by atoms with Crippen molar-refractivity contribution < 1.29 is 4.79 Å². The van der Waals surface area contributed by atoms with Gasteiger partial charge in [-0.1, -0.05) is 33.6 Å². The molecule has 0 fully saturated rings. The van der Waals surface area contributed by atoms with Crippen LogP contribution in [0.15, 0.2) is 11.4 Å². The van der Waals surface area contributed by atoms with Crippen molar-refractivity contribution >= 4 is 17.1 Å². The highest BCUT2D eigenvalue weighted by atomic mass is 32.1. The molecule has 0 aliphatic heterocycles. The molecule has 0 aliphatic rings. The summed E-state index contributed by atoms with van der Waals surface area (Å²) in [5.41, 5.74) is 1.22. The first-order valence-corrected chi connectivity index (χ1v) is 6.66. The molecule has 0 aliphatic carbocycles. The molecule has 0 saturated carbocycles. The normalized spacial score (nSPS) is 12.7. The van der Waals surface area contributed by atoms with Crippen molar-refractivity contribution in [3.05, 3.63) is 21.9 Å². The lowest BCUT2D eigenvalue weighted by Crippen LogP contribution is -2.06. The van der Waals surface area contributed by atoms with Crippen molar-refractivity contribution in [1.29, 1.82) is 0 Å². The average Bonchev–Trinajstić information content (AvgIpc) is 2.65. The number of carbonyl (C=O) groups is 1. The Bertz CT molecular complexity index is 314. The van der Waals surface area contributed by atoms with Crippen LogP contribution in [0.4, 0.5) is 0 Å². The number of hydrogen-bond donors (Lipinski definition) is 0. The maximum atomic E-state index is 12.0. The molecule has 15 heavy (non-hydrogen) atoms. The topological polar surface area (TPSA) is 17.1 Å². The number of aryl methyl sites for hydroxylation is 1. The molecule has 1 atom stereocenters. The van der Waals surface area contributed by atoms with Gasteiger partial charge in [-0.15, -0.1) is 11.3 Å². The number of thiophene rings is 1. The summed E-state index contributed by atoms with van der Waals surface area (Å²) in [7, 11) is 0. The molecule has 0 saturated heterocycles. The van der Waals surface area contributed by atoms with E-state index in [0.717, 1.165) is 17.7 Å². The Labute approximate surface area is 96.5 Å². The van der Waals surface area contributed by atoms with Crippen LogP contribution < -0.4 is 0 Å². The molecule has 0 radical (unpaired) electrons. The molecule has 1 aromatic rings. The third-order valence-electron chi connectivity index (χ3n) is 2.70. The summed E-state index contributed by atoms with van der Waals surface area (Å²) < 4.78 is 0. The second-order valence-electron chi connectivity index (χ2n) is 4.15. The minimum atomic E-state index is 0.336. The van der Waals surface area contributed by atoms with Crippen molar-refractivity contribution in [3.8, 4) is 0 Å². The highest BCUT2D eigenvalue weighted by Gasteiger charge is 2.14. The Balaban J connectivity index is 2.61. The zero-order valence-corrected chi connectivity index (χ0v) is 10.7. The van der Waals surface area contributed by atoms with Crippen molar-refractivity contribution in [3.63, 3.8) is 0 Å². The van der Waals surface area contributed by atoms with Crippen LogP contribution in [0.5, 0.6) is 0 Å². The van der Waals surface area contributed by atoms with Crippen LogP contribution in [0.1, 0.15) is 55.3 Å². The van der Waals surface area contributed by atoms with Gasteiger partial charge in [-0.3, -0.25) is 4.79 Å². The van der Waals surface area contributed by atoms with Gasteiger partial charge in [0.1, 0.15) is 0 Å². The molecule has 0 N–H and O–H groups in total. The van der Waals surface area contributed by atoms with Gasteiger partial charge in [0.25, 0.3) is 0 Å². The second kappa shape index (κ2) is 6.06. The molecule has 2 heteroatoms. The van der Waals surface area contributed by atoms with E-state index in [1.165, 1.54) is 12.0 Å². The molecule has 0 spiro atoms. The molecule has 0 aromatic carbocycles. The summed E-state index contributed by atoms with van der Waals surface area (Å²) in [4.78, 5) is 13.0. The fourth-order valence-electron chi connectivity index (χ4n) is 1.86. The predicted octanol–water partition coefficient (Wildman–Crippen LogP) is 4.32. The number of carbonyl (C=O) groups excluding carboxylic acids is 1. The van der Waals surface area contributed by atoms with E-state index >= 15 is 0 Å². The van der Waals surface area contributed by atoms with E-state index in [1.807, 2.05) is 5.38 Å². The largest absolute Gasteiger partial charge is 0.293 e. The van der Waals surface area contributed by atoms with E-state index in [2.05, 4.69) is 26.8 Å². The molecular weight excluding hydrogens is 204 g/mol. The Morgan fingerprint density at radius 2 is 2.20 bits per heavy atom.